The molecule has 3 aliphatic rings. The van der Waals surface area contributed by atoms with Crippen molar-refractivity contribution >= 4 is 5.91 Å². The number of alkyl halides is 2. The van der Waals surface area contributed by atoms with Gasteiger partial charge in [-0.25, -0.2) is 8.78 Å². The van der Waals surface area contributed by atoms with Crippen LogP contribution in [0.15, 0.2) is 42.6 Å². The summed E-state index contributed by atoms with van der Waals surface area (Å²) in [5.41, 5.74) is 0.622. The van der Waals surface area contributed by atoms with E-state index in [1.807, 2.05) is 18.2 Å². The van der Waals surface area contributed by atoms with Crippen LogP contribution < -0.4 is 9.47 Å². The lowest BCUT2D eigenvalue weighted by atomic mass is 9.82. The number of pyridine rings is 1. The summed E-state index contributed by atoms with van der Waals surface area (Å²) in [7, 11) is 1.49. The summed E-state index contributed by atoms with van der Waals surface area (Å²) in [6, 6.07) is 10.6. The molecular weight excluding hydrogens is 434 g/mol. The Labute approximate surface area is 190 Å². The number of halogens is 2. The third-order valence-electron chi connectivity index (χ3n) is 6.69. The predicted molar refractivity (Wildman–Crippen MR) is 113 cm³/mol. The number of fused-ring (bicyclic) bond motifs is 1. The summed E-state index contributed by atoms with van der Waals surface area (Å²) in [6.07, 6.45) is 1.68. The van der Waals surface area contributed by atoms with E-state index in [9.17, 15) is 13.6 Å². The Bertz CT molecular complexity index is 1010. The first-order valence-corrected chi connectivity index (χ1v) is 11.1. The molecule has 176 valence electrons. The fraction of sp³-hybridized carbons (Fsp3) is 0.500. The number of amides is 1. The molecule has 2 aromatic rings. The van der Waals surface area contributed by atoms with Crippen molar-refractivity contribution in [1.29, 1.82) is 0 Å². The van der Waals surface area contributed by atoms with Gasteiger partial charge in [0, 0.05) is 43.5 Å². The Balaban J connectivity index is 1.26. The van der Waals surface area contributed by atoms with Gasteiger partial charge in [-0.1, -0.05) is 6.07 Å². The first-order valence-electron chi connectivity index (χ1n) is 11.1. The number of benzene rings is 1. The van der Waals surface area contributed by atoms with Gasteiger partial charge in [0.2, 0.25) is 5.92 Å². The standard InChI is InChI=1S/C24H26F2N2O5/c1-30-19-10-17(5-6-18(19)31-14-16-11-23(25,26)12-16)22(29)28-9-7-24(20-4-2-3-8-27-20)21(13-28)32-15-33-24/h2-6,8,10,16,21H,7,9,11-15H2,1H3/t21-,24-/m1/s1. The highest BCUT2D eigenvalue weighted by Gasteiger charge is 2.52. The van der Waals surface area contributed by atoms with Gasteiger partial charge < -0.3 is 23.8 Å². The van der Waals surface area contributed by atoms with Gasteiger partial charge in [-0.15, -0.1) is 0 Å². The van der Waals surface area contributed by atoms with Crippen molar-refractivity contribution in [2.45, 2.75) is 36.9 Å². The van der Waals surface area contributed by atoms with E-state index in [-0.39, 0.29) is 44.2 Å². The lowest BCUT2D eigenvalue weighted by Crippen LogP contribution is -2.53. The molecule has 1 saturated carbocycles. The van der Waals surface area contributed by atoms with E-state index in [1.165, 1.54) is 7.11 Å². The fourth-order valence-corrected chi connectivity index (χ4v) is 4.85. The largest absolute Gasteiger partial charge is 0.493 e. The Morgan fingerprint density at radius 3 is 2.82 bits per heavy atom. The molecule has 9 heteroatoms. The van der Waals surface area contributed by atoms with Gasteiger partial charge >= 0.3 is 0 Å². The molecule has 2 atom stereocenters. The van der Waals surface area contributed by atoms with Crippen molar-refractivity contribution in [3.05, 3.63) is 53.9 Å². The Hall–Kier alpha value is -2.78. The number of carbonyl (C=O) groups is 1. The highest BCUT2D eigenvalue weighted by molar-refractivity contribution is 5.95. The number of nitrogens with zero attached hydrogens (tertiary/aromatic N) is 2. The van der Waals surface area contributed by atoms with E-state index in [1.54, 1.807) is 29.3 Å². The maximum absolute atomic E-state index is 13.2. The average molecular weight is 460 g/mol. The third kappa shape index (κ3) is 4.15. The molecule has 2 saturated heterocycles. The van der Waals surface area contributed by atoms with Gasteiger partial charge in [0.1, 0.15) is 18.5 Å². The zero-order valence-electron chi connectivity index (χ0n) is 18.3. The van der Waals surface area contributed by atoms with Crippen LogP contribution >= 0.6 is 0 Å². The van der Waals surface area contributed by atoms with Crippen LogP contribution in [0.5, 0.6) is 11.5 Å². The van der Waals surface area contributed by atoms with Crippen molar-refractivity contribution < 1.29 is 32.5 Å². The Morgan fingerprint density at radius 2 is 2.09 bits per heavy atom. The highest BCUT2D eigenvalue weighted by Crippen LogP contribution is 2.43. The SMILES string of the molecule is COc1cc(C(=O)N2CC[C@]3(c4ccccn4)OCO[C@@H]3C2)ccc1OCC1CC(F)(F)C1. The molecule has 1 amide bonds. The third-order valence-corrected chi connectivity index (χ3v) is 6.69. The van der Waals surface area contributed by atoms with E-state index in [0.717, 1.165) is 5.69 Å². The summed E-state index contributed by atoms with van der Waals surface area (Å²) in [4.78, 5) is 19.4. The van der Waals surface area contributed by atoms with E-state index < -0.39 is 11.5 Å². The molecule has 3 heterocycles. The van der Waals surface area contributed by atoms with Gasteiger partial charge in [0.05, 0.1) is 26.0 Å². The summed E-state index contributed by atoms with van der Waals surface area (Å²) in [6.45, 7) is 1.23. The minimum absolute atomic E-state index is 0.149. The van der Waals surface area contributed by atoms with Crippen LogP contribution in [0.4, 0.5) is 8.78 Å². The van der Waals surface area contributed by atoms with Crippen LogP contribution in [-0.2, 0) is 15.1 Å². The summed E-state index contributed by atoms with van der Waals surface area (Å²) >= 11 is 0. The zero-order chi connectivity index (χ0) is 23.1. The molecule has 0 N–H and O–H groups in total. The molecule has 7 nitrogen and oxygen atoms in total. The molecule has 2 aliphatic heterocycles. The molecule has 3 fully saturated rings. The molecule has 0 bridgehead atoms. The number of carbonyl (C=O) groups excluding carboxylic acids is 1. The lowest BCUT2D eigenvalue weighted by molar-refractivity contribution is -0.119. The van der Waals surface area contributed by atoms with Crippen LogP contribution in [0.1, 0.15) is 35.3 Å². The van der Waals surface area contributed by atoms with Crippen LogP contribution in [-0.4, -0.2) is 61.4 Å². The summed E-state index contributed by atoms with van der Waals surface area (Å²) in [5, 5.41) is 0. The smallest absolute Gasteiger partial charge is 0.254 e. The maximum Gasteiger partial charge on any atom is 0.254 e. The molecule has 1 aromatic heterocycles. The van der Waals surface area contributed by atoms with Gasteiger partial charge in [-0.05, 0) is 30.3 Å². The van der Waals surface area contributed by atoms with E-state index in [0.29, 0.717) is 36.6 Å². The molecule has 1 aromatic carbocycles. The lowest BCUT2D eigenvalue weighted by Gasteiger charge is -2.41. The van der Waals surface area contributed by atoms with Crippen LogP contribution in [0, 0.1) is 5.92 Å². The van der Waals surface area contributed by atoms with Gasteiger partial charge in [0.15, 0.2) is 11.5 Å². The number of likely N-dealkylation sites (tertiary alicyclic amines) is 1. The van der Waals surface area contributed by atoms with Gasteiger partial charge in [-0.3, -0.25) is 9.78 Å². The first-order chi connectivity index (χ1) is 15.9. The summed E-state index contributed by atoms with van der Waals surface area (Å²) < 4.78 is 49.0. The van der Waals surface area contributed by atoms with E-state index in [4.69, 9.17) is 18.9 Å². The second-order valence-corrected chi connectivity index (χ2v) is 8.83. The van der Waals surface area contributed by atoms with Crippen molar-refractivity contribution in [3.8, 4) is 11.5 Å². The number of aromatic nitrogens is 1. The van der Waals surface area contributed by atoms with E-state index >= 15 is 0 Å². The van der Waals surface area contributed by atoms with Gasteiger partial charge in [0.25, 0.3) is 5.91 Å². The predicted octanol–water partition coefficient (Wildman–Crippen LogP) is 3.63. The van der Waals surface area contributed by atoms with E-state index in [2.05, 4.69) is 4.98 Å². The molecule has 0 spiro atoms. The van der Waals surface area contributed by atoms with Crippen molar-refractivity contribution in [2.24, 2.45) is 5.92 Å². The molecule has 0 radical (unpaired) electrons. The number of methoxy groups -OCH3 is 1. The Morgan fingerprint density at radius 1 is 1.24 bits per heavy atom. The average Bonchev–Trinajstić information content (AvgIpc) is 3.25. The number of rotatable bonds is 6. The van der Waals surface area contributed by atoms with Crippen molar-refractivity contribution in [2.75, 3.05) is 33.6 Å². The van der Waals surface area contributed by atoms with Crippen molar-refractivity contribution in [1.82, 2.24) is 9.88 Å². The minimum Gasteiger partial charge on any atom is -0.493 e. The second kappa shape index (κ2) is 8.53. The quantitative estimate of drug-likeness (QED) is 0.656. The molecule has 1 aliphatic carbocycles. The van der Waals surface area contributed by atoms with Crippen molar-refractivity contribution in [3.63, 3.8) is 0 Å². The maximum atomic E-state index is 13.2. The first kappa shape index (κ1) is 22.0. The molecular formula is C24H26F2N2O5. The van der Waals surface area contributed by atoms with Crippen LogP contribution in [0.25, 0.3) is 0 Å². The minimum atomic E-state index is -2.58. The summed E-state index contributed by atoms with van der Waals surface area (Å²) in [5.74, 6) is -2.07. The molecule has 0 unspecified atom stereocenters. The number of piperidine rings is 1. The van der Waals surface area contributed by atoms with Crippen LogP contribution in [0.3, 0.4) is 0 Å². The molecule has 5 rings (SSSR count). The zero-order valence-corrected chi connectivity index (χ0v) is 18.3. The highest BCUT2D eigenvalue weighted by atomic mass is 19.3. The topological polar surface area (TPSA) is 70.1 Å². The number of ether oxygens (including phenoxy) is 4. The fourth-order valence-electron chi connectivity index (χ4n) is 4.85. The number of hydrogen-bond acceptors (Lipinski definition) is 6. The normalized spacial score (nSPS) is 26.4. The Kier molecular flexibility index (Phi) is 5.70. The molecule has 33 heavy (non-hydrogen) atoms. The second-order valence-electron chi connectivity index (χ2n) is 8.83. The number of hydrogen-bond donors (Lipinski definition) is 0. The van der Waals surface area contributed by atoms with Gasteiger partial charge in [-0.2, -0.15) is 0 Å². The van der Waals surface area contributed by atoms with Crippen LogP contribution in [0.2, 0.25) is 0 Å². The monoisotopic (exact) mass is 460 g/mol.